The topological polar surface area (TPSA) is 101 Å². The summed E-state index contributed by atoms with van der Waals surface area (Å²) in [5.74, 6) is 0.288. The van der Waals surface area contributed by atoms with Crippen LogP contribution in [0.3, 0.4) is 0 Å². The zero-order valence-electron chi connectivity index (χ0n) is 15.4. The summed E-state index contributed by atoms with van der Waals surface area (Å²) < 4.78 is 5.26. The summed E-state index contributed by atoms with van der Waals surface area (Å²) in [6.07, 6.45) is 5.18. The number of piperidine rings is 1. The van der Waals surface area contributed by atoms with Crippen molar-refractivity contribution in [2.75, 3.05) is 29.1 Å². The minimum Gasteiger partial charge on any atom is -0.397 e. The zero-order valence-corrected chi connectivity index (χ0v) is 16.3. The van der Waals surface area contributed by atoms with Crippen molar-refractivity contribution in [2.24, 2.45) is 0 Å². The number of aromatic nitrogens is 3. The van der Waals surface area contributed by atoms with E-state index in [1.54, 1.807) is 11.0 Å². The van der Waals surface area contributed by atoms with Crippen LogP contribution in [0.2, 0.25) is 0 Å². The molecule has 4 rings (SSSR count). The maximum Gasteiger partial charge on any atom is 0.306 e. The van der Waals surface area contributed by atoms with Crippen LogP contribution in [0, 0.1) is 0 Å². The van der Waals surface area contributed by atoms with E-state index in [1.165, 1.54) is 17.8 Å². The lowest BCUT2D eigenvalue weighted by Crippen LogP contribution is -2.60. The van der Waals surface area contributed by atoms with Gasteiger partial charge in [0, 0.05) is 11.1 Å². The molecule has 1 aliphatic heterocycles. The largest absolute Gasteiger partial charge is 0.397 e. The van der Waals surface area contributed by atoms with Crippen molar-refractivity contribution in [2.45, 2.75) is 39.0 Å². The summed E-state index contributed by atoms with van der Waals surface area (Å²) >= 11 is 1.29. The molecule has 3 N–H and O–H groups in total. The molecule has 0 saturated carbocycles. The lowest BCUT2D eigenvalue weighted by atomic mass is 10.1. The van der Waals surface area contributed by atoms with Crippen LogP contribution in [0.4, 0.5) is 11.6 Å². The lowest BCUT2D eigenvalue weighted by Gasteiger charge is -2.17. The van der Waals surface area contributed by atoms with Crippen molar-refractivity contribution in [3.8, 4) is 0 Å². The number of carbonyl (C=O) groups is 1. The molecule has 1 saturated heterocycles. The van der Waals surface area contributed by atoms with E-state index >= 15 is 0 Å². The number of anilines is 2. The normalized spacial score (nSPS) is 14.9. The highest BCUT2D eigenvalue weighted by molar-refractivity contribution is 7.21. The molecule has 1 fully saturated rings. The molecule has 8 nitrogen and oxygen atoms in total. The van der Waals surface area contributed by atoms with E-state index in [0.29, 0.717) is 22.4 Å². The summed E-state index contributed by atoms with van der Waals surface area (Å²) in [6.45, 7) is 6.02. The van der Waals surface area contributed by atoms with E-state index in [4.69, 9.17) is 10.3 Å². The minimum atomic E-state index is -0.316. The van der Waals surface area contributed by atoms with Crippen molar-refractivity contribution in [1.29, 1.82) is 0 Å². The lowest BCUT2D eigenvalue weighted by molar-refractivity contribution is -0.759. The highest BCUT2D eigenvalue weighted by atomic mass is 32.1. The number of fused-ring (bicyclic) bond motifs is 1. The predicted molar refractivity (Wildman–Crippen MR) is 105 cm³/mol. The minimum absolute atomic E-state index is 0.290. The highest BCUT2D eigenvalue weighted by Gasteiger charge is 2.25. The Balaban J connectivity index is 1.54. The Morgan fingerprint density at radius 2 is 2.11 bits per heavy atom. The van der Waals surface area contributed by atoms with Gasteiger partial charge < -0.3 is 5.73 Å². The smallest absolute Gasteiger partial charge is 0.306 e. The van der Waals surface area contributed by atoms with Gasteiger partial charge in [-0.25, -0.2) is 4.98 Å². The fraction of sp³-hybridized carbons (Fsp3) is 0.444. The molecule has 0 aliphatic carbocycles. The molecular weight excluding hydrogens is 364 g/mol. The van der Waals surface area contributed by atoms with Gasteiger partial charge in [0.05, 0.1) is 23.6 Å². The van der Waals surface area contributed by atoms with Crippen molar-refractivity contribution >= 4 is 39.0 Å². The van der Waals surface area contributed by atoms with Crippen LogP contribution in [0.5, 0.6) is 0 Å². The third-order valence-corrected chi connectivity index (χ3v) is 5.84. The van der Waals surface area contributed by atoms with Gasteiger partial charge in [-0.05, 0) is 37.3 Å². The Labute approximate surface area is 160 Å². The number of nitrogen functional groups attached to an aromatic ring is 1. The second-order valence-electron chi connectivity index (χ2n) is 7.04. The Morgan fingerprint density at radius 1 is 1.33 bits per heavy atom. The summed E-state index contributed by atoms with van der Waals surface area (Å²) in [6, 6.07) is 3.88. The second-order valence-corrected chi connectivity index (χ2v) is 8.04. The molecule has 0 spiro atoms. The number of nitrogens with zero attached hydrogens (tertiary/aromatic N) is 4. The highest BCUT2D eigenvalue weighted by Crippen LogP contribution is 2.33. The van der Waals surface area contributed by atoms with Crippen molar-refractivity contribution in [3.63, 3.8) is 0 Å². The third kappa shape index (κ3) is 3.46. The maximum atomic E-state index is 12.7. The average molecular weight is 387 g/mol. The van der Waals surface area contributed by atoms with E-state index < -0.39 is 0 Å². The van der Waals surface area contributed by atoms with E-state index in [9.17, 15) is 4.79 Å². The number of pyridine rings is 1. The number of nitrogens with two attached hydrogens (primary N) is 1. The molecule has 4 heterocycles. The van der Waals surface area contributed by atoms with Gasteiger partial charge >= 0.3 is 5.88 Å². The molecule has 0 unspecified atom stereocenters. The van der Waals surface area contributed by atoms with Crippen LogP contribution in [0.15, 0.2) is 22.9 Å². The molecule has 3 aromatic heterocycles. The second kappa shape index (κ2) is 7.15. The van der Waals surface area contributed by atoms with Gasteiger partial charge in [0.1, 0.15) is 9.71 Å². The number of thiophene rings is 1. The number of hydrogen-bond donors (Lipinski definition) is 2. The van der Waals surface area contributed by atoms with E-state index in [-0.39, 0.29) is 5.91 Å². The molecule has 9 heteroatoms. The Kier molecular flexibility index (Phi) is 4.69. The fourth-order valence-electron chi connectivity index (χ4n) is 3.18. The van der Waals surface area contributed by atoms with Crippen LogP contribution in [-0.4, -0.2) is 29.3 Å². The number of amides is 1. The number of nitrogens with one attached hydrogen (secondary N) is 1. The van der Waals surface area contributed by atoms with Crippen molar-refractivity contribution < 1.29 is 14.1 Å². The number of rotatable bonds is 4. The van der Waals surface area contributed by atoms with Gasteiger partial charge in [-0.3, -0.25) is 14.6 Å². The Morgan fingerprint density at radius 3 is 2.85 bits per heavy atom. The molecular formula is C18H23N6O2S+. The maximum absolute atomic E-state index is 12.7. The molecule has 0 atom stereocenters. The molecule has 3 aromatic rings. The Bertz CT molecular complexity index is 974. The molecule has 1 amide bonds. The van der Waals surface area contributed by atoms with Crippen molar-refractivity contribution in [1.82, 2.24) is 10.3 Å². The van der Waals surface area contributed by atoms with Gasteiger partial charge in [-0.2, -0.15) is 5.01 Å². The van der Waals surface area contributed by atoms with Crippen LogP contribution in [-0.2, 0) is 0 Å². The fourth-order valence-corrected chi connectivity index (χ4v) is 4.17. The van der Waals surface area contributed by atoms with Gasteiger partial charge in [-0.1, -0.05) is 13.8 Å². The van der Waals surface area contributed by atoms with Crippen LogP contribution in [0.1, 0.15) is 54.4 Å². The van der Waals surface area contributed by atoms with E-state index in [0.717, 1.165) is 41.8 Å². The molecule has 1 aliphatic rings. The zero-order chi connectivity index (χ0) is 19.0. The quantitative estimate of drug-likeness (QED) is 0.668. The Hall–Kier alpha value is -2.68. The summed E-state index contributed by atoms with van der Waals surface area (Å²) in [5.41, 5.74) is 7.62. The first-order valence-electron chi connectivity index (χ1n) is 9.17. The van der Waals surface area contributed by atoms with E-state index in [1.807, 2.05) is 12.1 Å². The average Bonchev–Trinajstić information content (AvgIpc) is 3.27. The number of carbonyl (C=O) groups excluding carboxylic acids is 1. The van der Waals surface area contributed by atoms with Crippen LogP contribution < -0.4 is 20.9 Å². The molecule has 27 heavy (non-hydrogen) atoms. The van der Waals surface area contributed by atoms with Gasteiger partial charge in [-0.15, -0.1) is 11.3 Å². The van der Waals surface area contributed by atoms with E-state index in [2.05, 4.69) is 34.4 Å². The first-order valence-corrected chi connectivity index (χ1v) is 9.98. The number of hydrogen-bond acceptors (Lipinski definition) is 7. The standard InChI is InChI=1S/C18H22N6O2S/c1-11(2)13-7-6-12-15(19)16(27-18(12)20-13)17(25)21-14-10-24(22-26-14)23-8-4-3-5-9-23/h6-7,10-11H,3-5,8-9H2,1-2H3,(H2-,19,21,22,25)/p+1. The molecule has 0 radical (unpaired) electrons. The van der Waals surface area contributed by atoms with Crippen LogP contribution in [0.25, 0.3) is 10.2 Å². The SMILES string of the molecule is CC(C)c1ccc2c(N)c(C(=O)Nc3c[n+](N4CCCCC4)no3)sc2n1. The van der Waals surface area contributed by atoms with Gasteiger partial charge in [0.2, 0.25) is 5.27 Å². The first-order chi connectivity index (χ1) is 13.0. The molecule has 0 bridgehead atoms. The molecule has 142 valence electrons. The monoisotopic (exact) mass is 387 g/mol. The predicted octanol–water partition coefficient (Wildman–Crippen LogP) is 2.65. The molecule has 0 aromatic carbocycles. The summed E-state index contributed by atoms with van der Waals surface area (Å²) in [4.78, 5) is 20.2. The van der Waals surface area contributed by atoms with Crippen LogP contribution >= 0.6 is 11.3 Å². The van der Waals surface area contributed by atoms with Crippen molar-refractivity contribution in [3.05, 3.63) is 28.9 Å². The summed E-state index contributed by atoms with van der Waals surface area (Å²) in [5, 5.41) is 9.63. The first kappa shape index (κ1) is 17.7. The van der Waals surface area contributed by atoms with Gasteiger partial charge in [0.25, 0.3) is 12.1 Å². The van der Waals surface area contributed by atoms with Gasteiger partial charge in [0.15, 0.2) is 0 Å². The summed E-state index contributed by atoms with van der Waals surface area (Å²) in [7, 11) is 0. The third-order valence-electron chi connectivity index (χ3n) is 4.73.